The van der Waals surface area contributed by atoms with Gasteiger partial charge in [0.15, 0.2) is 0 Å². The van der Waals surface area contributed by atoms with Gasteiger partial charge >= 0.3 is 0 Å². The molecule has 1 atom stereocenters. The van der Waals surface area contributed by atoms with Gasteiger partial charge < -0.3 is 4.74 Å². The highest BCUT2D eigenvalue weighted by Crippen LogP contribution is 2.27. The summed E-state index contributed by atoms with van der Waals surface area (Å²) in [6, 6.07) is 8.44. The minimum absolute atomic E-state index is 0.205. The minimum Gasteiger partial charge on any atom is -0.371 e. The van der Waals surface area contributed by atoms with Crippen molar-refractivity contribution in [2.75, 3.05) is 19.7 Å². The largest absolute Gasteiger partial charge is 0.371 e. The quantitative estimate of drug-likeness (QED) is 0.785. The highest BCUT2D eigenvalue weighted by Gasteiger charge is 2.28. The van der Waals surface area contributed by atoms with Gasteiger partial charge in [-0.05, 0) is 38.5 Å². The van der Waals surface area contributed by atoms with Crippen LogP contribution in [0.3, 0.4) is 0 Å². The number of ether oxygens (including phenoxy) is 1. The highest BCUT2D eigenvalue weighted by molar-refractivity contribution is 9.10. The van der Waals surface area contributed by atoms with Gasteiger partial charge in [-0.25, -0.2) is 0 Å². The van der Waals surface area contributed by atoms with Crippen molar-refractivity contribution in [3.63, 3.8) is 0 Å². The molecule has 3 heteroatoms. The van der Waals surface area contributed by atoms with Crippen molar-refractivity contribution >= 4 is 15.9 Å². The fraction of sp³-hybridized carbons (Fsp3) is 0.571. The fourth-order valence-corrected chi connectivity index (χ4v) is 2.40. The molecule has 17 heavy (non-hydrogen) atoms. The second kappa shape index (κ2) is 5.09. The Morgan fingerprint density at radius 1 is 1.24 bits per heavy atom. The van der Waals surface area contributed by atoms with Crippen molar-refractivity contribution in [3.8, 4) is 0 Å². The number of morpholine rings is 1. The molecule has 0 saturated carbocycles. The summed E-state index contributed by atoms with van der Waals surface area (Å²) in [5.74, 6) is 0. The van der Waals surface area contributed by atoms with Gasteiger partial charge in [0, 0.05) is 23.1 Å². The van der Waals surface area contributed by atoms with E-state index in [4.69, 9.17) is 4.74 Å². The van der Waals surface area contributed by atoms with Gasteiger partial charge in [0.05, 0.1) is 12.7 Å². The smallest absolute Gasteiger partial charge is 0.0952 e. The first kappa shape index (κ1) is 13.1. The van der Waals surface area contributed by atoms with Crippen molar-refractivity contribution in [1.29, 1.82) is 0 Å². The number of halogens is 1. The van der Waals surface area contributed by atoms with E-state index in [1.807, 2.05) is 0 Å². The van der Waals surface area contributed by atoms with Crippen molar-refractivity contribution in [3.05, 3.63) is 34.3 Å². The maximum atomic E-state index is 5.87. The van der Waals surface area contributed by atoms with Crippen LogP contribution in [0.2, 0.25) is 0 Å². The van der Waals surface area contributed by atoms with Crippen molar-refractivity contribution in [2.24, 2.45) is 0 Å². The molecule has 0 unspecified atom stereocenters. The van der Waals surface area contributed by atoms with Gasteiger partial charge in [0.25, 0.3) is 0 Å². The molecule has 0 aliphatic carbocycles. The van der Waals surface area contributed by atoms with Gasteiger partial charge in [-0.3, -0.25) is 4.90 Å². The van der Waals surface area contributed by atoms with Gasteiger partial charge in [0.2, 0.25) is 0 Å². The van der Waals surface area contributed by atoms with Crippen LogP contribution in [0.1, 0.15) is 32.4 Å². The SMILES string of the molecule is CC(C)(C)N1CCO[C@H](c2ccc(Br)cc2)C1. The Morgan fingerprint density at radius 2 is 1.88 bits per heavy atom. The zero-order chi connectivity index (χ0) is 12.5. The summed E-state index contributed by atoms with van der Waals surface area (Å²) in [6.07, 6.45) is 0.205. The van der Waals surface area contributed by atoms with Crippen LogP contribution in [-0.4, -0.2) is 30.1 Å². The van der Waals surface area contributed by atoms with E-state index in [1.165, 1.54) is 5.56 Å². The summed E-state index contributed by atoms with van der Waals surface area (Å²) in [4.78, 5) is 2.49. The lowest BCUT2D eigenvalue weighted by molar-refractivity contribution is -0.0596. The van der Waals surface area contributed by atoms with Gasteiger partial charge in [-0.15, -0.1) is 0 Å². The minimum atomic E-state index is 0.205. The molecule has 1 aliphatic rings. The number of nitrogens with zero attached hydrogens (tertiary/aromatic N) is 1. The fourth-order valence-electron chi connectivity index (χ4n) is 2.14. The summed E-state index contributed by atoms with van der Waals surface area (Å²) in [5.41, 5.74) is 1.49. The Bertz CT molecular complexity index is 369. The summed E-state index contributed by atoms with van der Waals surface area (Å²) in [5, 5.41) is 0. The van der Waals surface area contributed by atoms with Crippen molar-refractivity contribution < 1.29 is 4.74 Å². The predicted molar refractivity (Wildman–Crippen MR) is 74.2 cm³/mol. The molecule has 0 N–H and O–H groups in total. The highest BCUT2D eigenvalue weighted by atomic mass is 79.9. The number of hydrogen-bond acceptors (Lipinski definition) is 2. The second-order valence-electron chi connectivity index (χ2n) is 5.53. The summed E-state index contributed by atoms with van der Waals surface area (Å²) < 4.78 is 6.99. The average Bonchev–Trinajstić information content (AvgIpc) is 2.29. The van der Waals surface area contributed by atoms with E-state index in [0.717, 1.165) is 24.2 Å². The molecule has 1 aromatic carbocycles. The molecule has 2 rings (SSSR count). The van der Waals surface area contributed by atoms with E-state index in [2.05, 4.69) is 65.9 Å². The molecule has 0 bridgehead atoms. The van der Waals surface area contributed by atoms with Crippen LogP contribution in [0.4, 0.5) is 0 Å². The summed E-state index contributed by atoms with van der Waals surface area (Å²) >= 11 is 3.46. The lowest BCUT2D eigenvalue weighted by Crippen LogP contribution is -2.48. The Kier molecular flexibility index (Phi) is 3.91. The zero-order valence-electron chi connectivity index (χ0n) is 10.7. The Balaban J connectivity index is 2.09. The summed E-state index contributed by atoms with van der Waals surface area (Å²) in [6.45, 7) is 9.60. The van der Waals surface area contributed by atoms with Gasteiger partial charge in [-0.1, -0.05) is 28.1 Å². The molecule has 0 spiro atoms. The van der Waals surface area contributed by atoms with Crippen LogP contribution in [-0.2, 0) is 4.74 Å². The Morgan fingerprint density at radius 3 is 2.47 bits per heavy atom. The van der Waals surface area contributed by atoms with Gasteiger partial charge in [0.1, 0.15) is 0 Å². The zero-order valence-corrected chi connectivity index (χ0v) is 12.3. The molecule has 1 heterocycles. The van der Waals surface area contributed by atoms with Crippen molar-refractivity contribution in [1.82, 2.24) is 4.90 Å². The first-order chi connectivity index (χ1) is 7.97. The van der Waals surface area contributed by atoms with E-state index in [-0.39, 0.29) is 11.6 Å². The molecule has 1 aromatic rings. The maximum absolute atomic E-state index is 5.87. The maximum Gasteiger partial charge on any atom is 0.0952 e. The average molecular weight is 298 g/mol. The molecule has 0 amide bonds. The summed E-state index contributed by atoms with van der Waals surface area (Å²) in [7, 11) is 0. The van der Waals surface area contributed by atoms with Crippen LogP contribution in [0.25, 0.3) is 0 Å². The van der Waals surface area contributed by atoms with Crippen LogP contribution >= 0.6 is 15.9 Å². The third kappa shape index (κ3) is 3.30. The molecular formula is C14H20BrNO. The monoisotopic (exact) mass is 297 g/mol. The molecule has 1 saturated heterocycles. The van der Waals surface area contributed by atoms with E-state index in [0.29, 0.717) is 0 Å². The lowest BCUT2D eigenvalue weighted by atomic mass is 10.0. The molecule has 1 fully saturated rings. The number of rotatable bonds is 1. The second-order valence-corrected chi connectivity index (χ2v) is 6.44. The molecule has 0 aromatic heterocycles. The topological polar surface area (TPSA) is 12.5 Å². The molecule has 1 aliphatic heterocycles. The normalized spacial score (nSPS) is 22.7. The van der Waals surface area contributed by atoms with Crippen LogP contribution < -0.4 is 0 Å². The van der Waals surface area contributed by atoms with Crippen LogP contribution in [0, 0.1) is 0 Å². The van der Waals surface area contributed by atoms with Gasteiger partial charge in [-0.2, -0.15) is 0 Å². The molecular weight excluding hydrogens is 278 g/mol. The number of benzene rings is 1. The standard InChI is InChI=1S/C14H20BrNO/c1-14(2,3)16-8-9-17-13(10-16)11-4-6-12(15)7-5-11/h4-7,13H,8-10H2,1-3H3/t13-/m0/s1. The molecule has 2 nitrogen and oxygen atoms in total. The van der Waals surface area contributed by atoms with E-state index >= 15 is 0 Å². The Labute approximate surface area is 112 Å². The predicted octanol–water partition coefficient (Wildman–Crippen LogP) is 3.62. The third-order valence-electron chi connectivity index (χ3n) is 3.26. The number of hydrogen-bond donors (Lipinski definition) is 0. The lowest BCUT2D eigenvalue weighted by Gasteiger charge is -2.41. The molecule has 94 valence electrons. The third-order valence-corrected chi connectivity index (χ3v) is 3.79. The van der Waals surface area contributed by atoms with Crippen molar-refractivity contribution in [2.45, 2.75) is 32.4 Å². The van der Waals surface area contributed by atoms with E-state index < -0.39 is 0 Å². The van der Waals surface area contributed by atoms with Crippen LogP contribution in [0.5, 0.6) is 0 Å². The Hall–Kier alpha value is -0.380. The first-order valence-corrected chi connectivity index (χ1v) is 6.88. The van der Waals surface area contributed by atoms with Crippen LogP contribution in [0.15, 0.2) is 28.7 Å². The van der Waals surface area contributed by atoms with E-state index in [9.17, 15) is 0 Å². The first-order valence-electron chi connectivity index (χ1n) is 6.09. The molecule has 0 radical (unpaired) electrons. The van der Waals surface area contributed by atoms with E-state index in [1.54, 1.807) is 0 Å².